The van der Waals surface area contributed by atoms with E-state index in [9.17, 15) is 0 Å². The Balaban J connectivity index is 1.74. The second-order valence-corrected chi connectivity index (χ2v) is 5.04. The van der Waals surface area contributed by atoms with Gasteiger partial charge in [-0.2, -0.15) is 5.10 Å². The van der Waals surface area contributed by atoms with Crippen LogP contribution in [0.25, 0.3) is 11.3 Å². The zero-order chi connectivity index (χ0) is 12.4. The summed E-state index contributed by atoms with van der Waals surface area (Å²) in [4.78, 5) is 4.29. The van der Waals surface area contributed by atoms with E-state index in [2.05, 4.69) is 15.4 Å². The van der Waals surface area contributed by atoms with Gasteiger partial charge in [-0.15, -0.1) is 0 Å². The number of nitrogens with one attached hydrogen (secondary N) is 1. The van der Waals surface area contributed by atoms with Gasteiger partial charge in [-0.25, -0.2) is 0 Å². The van der Waals surface area contributed by atoms with E-state index in [0.29, 0.717) is 11.1 Å². The highest BCUT2D eigenvalue weighted by Gasteiger charge is 2.15. The van der Waals surface area contributed by atoms with Gasteiger partial charge in [-0.1, -0.05) is 11.6 Å². The molecule has 1 N–H and O–H groups in total. The van der Waals surface area contributed by atoms with E-state index in [1.807, 2.05) is 29.2 Å². The Morgan fingerprint density at radius 3 is 3.06 bits per heavy atom. The van der Waals surface area contributed by atoms with Crippen LogP contribution in [0.15, 0.2) is 30.7 Å². The van der Waals surface area contributed by atoms with Crippen LogP contribution in [0, 0.1) is 0 Å². The van der Waals surface area contributed by atoms with Gasteiger partial charge in [0.2, 0.25) is 0 Å². The third-order valence-corrected chi connectivity index (χ3v) is 3.45. The molecule has 0 bridgehead atoms. The normalized spacial score (nSPS) is 19.3. The largest absolute Gasteiger partial charge is 0.312 e. The first-order valence-electron chi connectivity index (χ1n) is 6.19. The number of nitrogens with zero attached hydrogens (tertiary/aromatic N) is 3. The zero-order valence-corrected chi connectivity index (χ0v) is 10.8. The summed E-state index contributed by atoms with van der Waals surface area (Å²) < 4.78 is 1.98. The Morgan fingerprint density at radius 1 is 1.39 bits per heavy atom. The molecular weight excluding hydrogens is 248 g/mol. The molecule has 1 saturated heterocycles. The average Bonchev–Trinajstić information content (AvgIpc) is 3.02. The maximum atomic E-state index is 5.83. The fraction of sp³-hybridized carbons (Fsp3) is 0.385. The van der Waals surface area contributed by atoms with Gasteiger partial charge >= 0.3 is 0 Å². The molecule has 2 aromatic rings. The average molecular weight is 263 g/mol. The van der Waals surface area contributed by atoms with Crippen LogP contribution in [0.1, 0.15) is 12.8 Å². The van der Waals surface area contributed by atoms with Gasteiger partial charge < -0.3 is 5.32 Å². The van der Waals surface area contributed by atoms with Gasteiger partial charge in [0.25, 0.3) is 0 Å². The lowest BCUT2D eigenvalue weighted by molar-refractivity contribution is 0.476. The van der Waals surface area contributed by atoms with Crippen molar-refractivity contribution in [1.82, 2.24) is 20.1 Å². The van der Waals surface area contributed by atoms with E-state index in [1.54, 1.807) is 6.20 Å². The Hall–Kier alpha value is -1.39. The molecular formula is C13H15ClN4. The summed E-state index contributed by atoms with van der Waals surface area (Å²) in [5.41, 5.74) is 1.94. The van der Waals surface area contributed by atoms with Gasteiger partial charge in [-0.05, 0) is 31.5 Å². The van der Waals surface area contributed by atoms with Crippen molar-refractivity contribution in [2.45, 2.75) is 25.4 Å². The molecule has 0 saturated carbocycles. The van der Waals surface area contributed by atoms with Crippen molar-refractivity contribution < 1.29 is 0 Å². The molecule has 1 aliphatic rings. The zero-order valence-electron chi connectivity index (χ0n) is 10.0. The van der Waals surface area contributed by atoms with Crippen LogP contribution in [-0.4, -0.2) is 27.4 Å². The highest BCUT2D eigenvalue weighted by Crippen LogP contribution is 2.18. The predicted molar refractivity (Wildman–Crippen MR) is 71.5 cm³/mol. The first kappa shape index (κ1) is 11.7. The van der Waals surface area contributed by atoms with Crippen LogP contribution in [0.4, 0.5) is 0 Å². The summed E-state index contributed by atoms with van der Waals surface area (Å²) in [5.74, 6) is 0. The SMILES string of the molecule is Clc1ccc(-c2cnn(C[C@@H]3CCCN3)c2)nc1. The fourth-order valence-electron chi connectivity index (χ4n) is 2.28. The number of hydrogen-bond donors (Lipinski definition) is 1. The molecule has 0 aliphatic carbocycles. The van der Waals surface area contributed by atoms with Crippen LogP contribution < -0.4 is 5.32 Å². The van der Waals surface area contributed by atoms with Crippen molar-refractivity contribution in [3.8, 4) is 11.3 Å². The lowest BCUT2D eigenvalue weighted by atomic mass is 10.2. The maximum Gasteiger partial charge on any atom is 0.0734 e. The van der Waals surface area contributed by atoms with Gasteiger partial charge in [0.15, 0.2) is 0 Å². The first-order chi connectivity index (χ1) is 8.81. The molecule has 0 radical (unpaired) electrons. The highest BCUT2D eigenvalue weighted by atomic mass is 35.5. The Kier molecular flexibility index (Phi) is 3.30. The van der Waals surface area contributed by atoms with Crippen LogP contribution in [0.5, 0.6) is 0 Å². The van der Waals surface area contributed by atoms with Gasteiger partial charge in [0.05, 0.1) is 23.5 Å². The van der Waals surface area contributed by atoms with Crippen molar-refractivity contribution in [3.05, 3.63) is 35.7 Å². The molecule has 1 atom stereocenters. The molecule has 5 heteroatoms. The molecule has 94 valence electrons. The molecule has 2 aromatic heterocycles. The summed E-state index contributed by atoms with van der Waals surface area (Å²) in [5, 5.41) is 8.50. The highest BCUT2D eigenvalue weighted by molar-refractivity contribution is 6.30. The standard InChI is InChI=1S/C13H15ClN4/c14-11-3-4-13(16-7-11)10-6-17-18(8-10)9-12-2-1-5-15-12/h3-4,6-8,12,15H,1-2,5,9H2/t12-/m0/s1. The molecule has 3 rings (SSSR count). The third kappa shape index (κ3) is 2.54. The van der Waals surface area contributed by atoms with E-state index in [4.69, 9.17) is 11.6 Å². The van der Waals surface area contributed by atoms with E-state index >= 15 is 0 Å². The topological polar surface area (TPSA) is 42.7 Å². The summed E-state index contributed by atoms with van der Waals surface area (Å²) in [6, 6.07) is 4.31. The van der Waals surface area contributed by atoms with E-state index < -0.39 is 0 Å². The Morgan fingerprint density at radius 2 is 2.33 bits per heavy atom. The number of pyridine rings is 1. The van der Waals surface area contributed by atoms with E-state index in [1.165, 1.54) is 12.8 Å². The minimum atomic E-state index is 0.552. The number of rotatable bonds is 3. The van der Waals surface area contributed by atoms with Gasteiger partial charge in [0.1, 0.15) is 0 Å². The molecule has 0 aromatic carbocycles. The van der Waals surface area contributed by atoms with Gasteiger partial charge in [0, 0.05) is 24.0 Å². The van der Waals surface area contributed by atoms with Crippen molar-refractivity contribution in [2.75, 3.05) is 6.54 Å². The fourth-order valence-corrected chi connectivity index (χ4v) is 2.39. The van der Waals surface area contributed by atoms with Crippen molar-refractivity contribution in [1.29, 1.82) is 0 Å². The molecule has 18 heavy (non-hydrogen) atoms. The Labute approximate surface area is 111 Å². The monoisotopic (exact) mass is 262 g/mol. The second kappa shape index (κ2) is 5.08. The minimum absolute atomic E-state index is 0.552. The lowest BCUT2D eigenvalue weighted by Gasteiger charge is -2.09. The number of hydrogen-bond acceptors (Lipinski definition) is 3. The quantitative estimate of drug-likeness (QED) is 0.923. The van der Waals surface area contributed by atoms with Crippen molar-refractivity contribution in [3.63, 3.8) is 0 Å². The van der Waals surface area contributed by atoms with Crippen molar-refractivity contribution in [2.24, 2.45) is 0 Å². The lowest BCUT2D eigenvalue weighted by Crippen LogP contribution is -2.26. The number of aromatic nitrogens is 3. The predicted octanol–water partition coefficient (Wildman–Crippen LogP) is 2.35. The number of halogens is 1. The maximum absolute atomic E-state index is 5.83. The van der Waals surface area contributed by atoms with Crippen LogP contribution in [0.2, 0.25) is 5.02 Å². The molecule has 0 unspecified atom stereocenters. The Bertz CT molecular complexity index is 514. The first-order valence-corrected chi connectivity index (χ1v) is 6.57. The molecule has 0 amide bonds. The van der Waals surface area contributed by atoms with E-state index in [-0.39, 0.29) is 0 Å². The molecule has 1 fully saturated rings. The van der Waals surface area contributed by atoms with Crippen LogP contribution >= 0.6 is 11.6 Å². The van der Waals surface area contributed by atoms with Crippen LogP contribution in [0.3, 0.4) is 0 Å². The minimum Gasteiger partial charge on any atom is -0.312 e. The smallest absolute Gasteiger partial charge is 0.0734 e. The molecule has 0 spiro atoms. The van der Waals surface area contributed by atoms with Crippen molar-refractivity contribution >= 4 is 11.6 Å². The molecule has 4 nitrogen and oxygen atoms in total. The second-order valence-electron chi connectivity index (χ2n) is 4.61. The van der Waals surface area contributed by atoms with Crippen LogP contribution in [-0.2, 0) is 6.54 Å². The summed E-state index contributed by atoms with van der Waals surface area (Å²) in [7, 11) is 0. The molecule has 3 heterocycles. The summed E-state index contributed by atoms with van der Waals surface area (Å²) in [6.07, 6.45) is 8.04. The third-order valence-electron chi connectivity index (χ3n) is 3.23. The summed E-state index contributed by atoms with van der Waals surface area (Å²) in [6.45, 7) is 2.05. The van der Waals surface area contributed by atoms with E-state index in [0.717, 1.165) is 24.3 Å². The summed E-state index contributed by atoms with van der Waals surface area (Å²) >= 11 is 5.83. The molecule has 1 aliphatic heterocycles. The van der Waals surface area contributed by atoms with Gasteiger partial charge in [-0.3, -0.25) is 9.67 Å².